The Morgan fingerprint density at radius 2 is 2.04 bits per heavy atom. The number of likely N-dealkylation sites (N-methyl/N-ethyl adjacent to an activating group) is 1. The van der Waals surface area contributed by atoms with Gasteiger partial charge in [0.05, 0.1) is 12.1 Å². The van der Waals surface area contributed by atoms with E-state index >= 15 is 0 Å². The molecule has 0 aromatic carbocycles. The number of nitrogens with zero attached hydrogens (tertiary/aromatic N) is 3. The lowest BCUT2D eigenvalue weighted by Gasteiger charge is -2.13. The minimum absolute atomic E-state index is 0.251. The van der Waals surface area contributed by atoms with E-state index < -0.39 is 11.2 Å². The van der Waals surface area contributed by atoms with Gasteiger partial charge in [0.1, 0.15) is 11.5 Å². The zero-order valence-electron chi connectivity index (χ0n) is 15.4. The van der Waals surface area contributed by atoms with Gasteiger partial charge >= 0.3 is 5.69 Å². The van der Waals surface area contributed by atoms with E-state index in [0.29, 0.717) is 18.4 Å². The maximum Gasteiger partial charge on any atom is 0.330 e. The molecule has 7 heteroatoms. The molecule has 2 atom stereocenters. The second-order valence-electron chi connectivity index (χ2n) is 6.99. The molecule has 0 spiro atoms. The fraction of sp³-hybridized carbons (Fsp3) is 0.421. The SMILES string of the molecule is C[C@@H]1C[C@@H]1c1ccc(CN(C)C(=O)/C=C/c2cn(C)c(=O)n(C)c2=O)o1. The smallest absolute Gasteiger partial charge is 0.330 e. The molecule has 0 radical (unpaired) electrons. The number of amides is 1. The molecule has 138 valence electrons. The highest BCUT2D eigenvalue weighted by Crippen LogP contribution is 2.47. The summed E-state index contributed by atoms with van der Waals surface area (Å²) in [6, 6.07) is 3.88. The number of carbonyl (C=O) groups excluding carboxylic acids is 1. The number of carbonyl (C=O) groups is 1. The second-order valence-corrected chi connectivity index (χ2v) is 6.99. The zero-order chi connectivity index (χ0) is 19.0. The Kier molecular flexibility index (Phi) is 4.71. The molecule has 0 saturated heterocycles. The third-order valence-electron chi connectivity index (χ3n) is 4.81. The van der Waals surface area contributed by atoms with Crippen LogP contribution in [-0.4, -0.2) is 27.0 Å². The third-order valence-corrected chi connectivity index (χ3v) is 4.81. The summed E-state index contributed by atoms with van der Waals surface area (Å²) < 4.78 is 8.13. The number of furan rings is 1. The maximum atomic E-state index is 12.3. The molecule has 26 heavy (non-hydrogen) atoms. The van der Waals surface area contributed by atoms with Crippen molar-refractivity contribution in [2.24, 2.45) is 20.0 Å². The molecule has 7 nitrogen and oxygen atoms in total. The van der Waals surface area contributed by atoms with Gasteiger partial charge in [-0.2, -0.15) is 0 Å². The predicted molar refractivity (Wildman–Crippen MR) is 97.7 cm³/mol. The van der Waals surface area contributed by atoms with Gasteiger partial charge in [0.15, 0.2) is 0 Å². The van der Waals surface area contributed by atoms with Gasteiger partial charge in [0, 0.05) is 39.3 Å². The van der Waals surface area contributed by atoms with E-state index in [-0.39, 0.29) is 11.5 Å². The van der Waals surface area contributed by atoms with Crippen molar-refractivity contribution in [3.63, 3.8) is 0 Å². The highest BCUT2D eigenvalue weighted by Gasteiger charge is 2.36. The van der Waals surface area contributed by atoms with Gasteiger partial charge in [-0.25, -0.2) is 4.79 Å². The largest absolute Gasteiger partial charge is 0.464 e. The monoisotopic (exact) mass is 357 g/mol. The molecule has 0 unspecified atom stereocenters. The standard InChI is InChI=1S/C19H23N3O4/c1-12-9-15(12)16-7-6-14(26-16)11-20(2)17(23)8-5-13-10-21(3)19(25)22(4)18(13)24/h5-8,10,12,15H,9,11H2,1-4H3/b8-5+/t12-,15+/m1/s1. The van der Waals surface area contributed by atoms with Crippen LogP contribution in [0.1, 0.15) is 36.3 Å². The van der Waals surface area contributed by atoms with E-state index in [1.54, 1.807) is 14.1 Å². The Morgan fingerprint density at radius 1 is 1.35 bits per heavy atom. The Balaban J connectivity index is 1.68. The summed E-state index contributed by atoms with van der Waals surface area (Å²) in [5, 5.41) is 0. The highest BCUT2D eigenvalue weighted by molar-refractivity contribution is 5.91. The number of hydrogen-bond acceptors (Lipinski definition) is 4. The van der Waals surface area contributed by atoms with Crippen LogP contribution in [0.15, 0.2) is 38.4 Å². The molecule has 1 saturated carbocycles. The van der Waals surface area contributed by atoms with Crippen LogP contribution in [-0.2, 0) is 25.4 Å². The van der Waals surface area contributed by atoms with Crippen molar-refractivity contribution in [2.45, 2.75) is 25.8 Å². The quantitative estimate of drug-likeness (QED) is 0.760. The van der Waals surface area contributed by atoms with Gasteiger partial charge in [-0.3, -0.25) is 14.2 Å². The summed E-state index contributed by atoms with van der Waals surface area (Å²) >= 11 is 0. The molecule has 0 aliphatic heterocycles. The highest BCUT2D eigenvalue weighted by atomic mass is 16.3. The normalized spacial score (nSPS) is 19.1. The lowest BCUT2D eigenvalue weighted by atomic mass is 10.2. The van der Waals surface area contributed by atoms with E-state index in [1.165, 1.54) is 34.9 Å². The van der Waals surface area contributed by atoms with Crippen molar-refractivity contribution >= 4 is 12.0 Å². The van der Waals surface area contributed by atoms with Gasteiger partial charge < -0.3 is 13.9 Å². The minimum Gasteiger partial charge on any atom is -0.464 e. The van der Waals surface area contributed by atoms with Crippen molar-refractivity contribution in [3.8, 4) is 0 Å². The van der Waals surface area contributed by atoms with E-state index in [1.807, 2.05) is 12.1 Å². The first-order chi connectivity index (χ1) is 12.3. The molecular formula is C19H23N3O4. The third kappa shape index (κ3) is 3.56. The Hall–Kier alpha value is -2.83. The molecule has 1 amide bonds. The fourth-order valence-corrected chi connectivity index (χ4v) is 2.95. The average Bonchev–Trinajstić information content (AvgIpc) is 3.16. The molecule has 0 N–H and O–H groups in total. The number of rotatable bonds is 5. The predicted octanol–water partition coefficient (Wildman–Crippen LogP) is 1.47. The van der Waals surface area contributed by atoms with Gasteiger partial charge in [-0.1, -0.05) is 6.92 Å². The second kappa shape index (κ2) is 6.82. The molecule has 2 aromatic heterocycles. The maximum absolute atomic E-state index is 12.3. The van der Waals surface area contributed by atoms with Crippen molar-refractivity contribution < 1.29 is 9.21 Å². The molecule has 2 aromatic rings. The van der Waals surface area contributed by atoms with Crippen LogP contribution in [0.5, 0.6) is 0 Å². The van der Waals surface area contributed by atoms with Crippen LogP contribution in [0.25, 0.3) is 6.08 Å². The lowest BCUT2D eigenvalue weighted by molar-refractivity contribution is -0.125. The van der Waals surface area contributed by atoms with Crippen molar-refractivity contribution in [3.05, 3.63) is 62.3 Å². The van der Waals surface area contributed by atoms with Gasteiger partial charge in [-0.05, 0) is 30.5 Å². The van der Waals surface area contributed by atoms with Crippen molar-refractivity contribution in [2.75, 3.05) is 7.05 Å². The van der Waals surface area contributed by atoms with Crippen LogP contribution in [0.4, 0.5) is 0 Å². The van der Waals surface area contributed by atoms with E-state index in [4.69, 9.17) is 4.42 Å². The first-order valence-electron chi connectivity index (χ1n) is 8.56. The van der Waals surface area contributed by atoms with Crippen LogP contribution in [0.3, 0.4) is 0 Å². The van der Waals surface area contributed by atoms with Gasteiger partial charge in [0.2, 0.25) is 5.91 Å². The van der Waals surface area contributed by atoms with Crippen LogP contribution in [0.2, 0.25) is 0 Å². The zero-order valence-corrected chi connectivity index (χ0v) is 15.4. The molecular weight excluding hydrogens is 334 g/mol. The molecule has 2 heterocycles. The van der Waals surface area contributed by atoms with Crippen LogP contribution in [0, 0.1) is 5.92 Å². The van der Waals surface area contributed by atoms with Gasteiger partial charge in [-0.15, -0.1) is 0 Å². The molecule has 1 aliphatic rings. The average molecular weight is 357 g/mol. The Bertz CT molecular complexity index is 979. The summed E-state index contributed by atoms with van der Waals surface area (Å²) in [4.78, 5) is 37.6. The first-order valence-corrected chi connectivity index (χ1v) is 8.56. The fourth-order valence-electron chi connectivity index (χ4n) is 2.95. The summed E-state index contributed by atoms with van der Waals surface area (Å²) in [5.41, 5.74) is -0.567. The number of hydrogen-bond donors (Lipinski definition) is 0. The van der Waals surface area contributed by atoms with E-state index in [0.717, 1.165) is 22.5 Å². The van der Waals surface area contributed by atoms with Gasteiger partial charge in [0.25, 0.3) is 5.56 Å². The summed E-state index contributed by atoms with van der Waals surface area (Å²) in [7, 11) is 4.64. The molecule has 0 bridgehead atoms. The van der Waals surface area contributed by atoms with Crippen LogP contribution >= 0.6 is 0 Å². The minimum atomic E-state index is -0.436. The lowest BCUT2D eigenvalue weighted by Crippen LogP contribution is -2.37. The van der Waals surface area contributed by atoms with E-state index in [9.17, 15) is 14.4 Å². The first kappa shape index (κ1) is 18.0. The number of aromatic nitrogens is 2. The topological polar surface area (TPSA) is 77.5 Å². The summed E-state index contributed by atoms with van der Waals surface area (Å²) in [6.07, 6.45) is 5.33. The Labute approximate surface area is 151 Å². The van der Waals surface area contributed by atoms with E-state index in [2.05, 4.69) is 6.92 Å². The van der Waals surface area contributed by atoms with Crippen molar-refractivity contribution in [1.82, 2.24) is 14.0 Å². The van der Waals surface area contributed by atoms with Crippen molar-refractivity contribution in [1.29, 1.82) is 0 Å². The number of aryl methyl sites for hydroxylation is 1. The Morgan fingerprint density at radius 3 is 2.69 bits per heavy atom. The molecule has 1 fully saturated rings. The van der Waals surface area contributed by atoms with Crippen LogP contribution < -0.4 is 11.2 Å². The summed E-state index contributed by atoms with van der Waals surface area (Å²) in [5.74, 6) is 2.64. The molecule has 1 aliphatic carbocycles. The summed E-state index contributed by atoms with van der Waals surface area (Å²) in [6.45, 7) is 2.55. The molecule has 3 rings (SSSR count).